The molecule has 1 saturated carbocycles. The number of ether oxygens (including phenoxy) is 1. The number of nitrogens with one attached hydrogen (secondary N) is 2. The van der Waals surface area contributed by atoms with Crippen LogP contribution in [0.1, 0.15) is 32.6 Å². The Balaban J connectivity index is 1.74. The van der Waals surface area contributed by atoms with Crippen molar-refractivity contribution in [1.82, 2.24) is 10.6 Å². The first-order chi connectivity index (χ1) is 10.6. The number of imide groups is 1. The van der Waals surface area contributed by atoms with E-state index in [9.17, 15) is 14.0 Å². The van der Waals surface area contributed by atoms with Gasteiger partial charge in [0.15, 0.2) is 18.2 Å². The van der Waals surface area contributed by atoms with Gasteiger partial charge in [-0.2, -0.15) is 0 Å². The second-order valence-electron chi connectivity index (χ2n) is 5.61. The molecule has 0 unspecified atom stereocenters. The number of hydrogen-bond donors (Lipinski definition) is 2. The summed E-state index contributed by atoms with van der Waals surface area (Å²) in [6, 6.07) is 5.36. The number of halogens is 1. The van der Waals surface area contributed by atoms with E-state index in [4.69, 9.17) is 4.74 Å². The van der Waals surface area contributed by atoms with Crippen LogP contribution in [-0.2, 0) is 4.79 Å². The van der Waals surface area contributed by atoms with Crippen molar-refractivity contribution in [2.75, 3.05) is 6.61 Å². The standard InChI is InChI=1S/C16H21FN2O3/c1-11-6-2-4-8-13(11)18-16(21)19-15(20)10-22-14-9-5-3-7-12(14)17/h3,5,7,9,11,13H,2,4,6,8,10H2,1H3,(H2,18,19,20,21)/t11-,13-/m0/s1. The molecule has 0 spiro atoms. The lowest BCUT2D eigenvalue weighted by Crippen LogP contribution is -2.48. The summed E-state index contributed by atoms with van der Waals surface area (Å²) in [6.07, 6.45) is 4.26. The highest BCUT2D eigenvalue weighted by Crippen LogP contribution is 2.23. The summed E-state index contributed by atoms with van der Waals surface area (Å²) < 4.78 is 18.4. The highest BCUT2D eigenvalue weighted by molar-refractivity contribution is 5.95. The van der Waals surface area contributed by atoms with Gasteiger partial charge in [-0.05, 0) is 30.9 Å². The summed E-state index contributed by atoms with van der Waals surface area (Å²) in [6.45, 7) is 1.68. The monoisotopic (exact) mass is 308 g/mol. The number of hydrogen-bond acceptors (Lipinski definition) is 3. The zero-order chi connectivity index (χ0) is 15.9. The van der Waals surface area contributed by atoms with E-state index in [0.717, 1.165) is 19.3 Å². The fourth-order valence-electron chi connectivity index (χ4n) is 2.60. The van der Waals surface area contributed by atoms with Crippen LogP contribution in [0.15, 0.2) is 24.3 Å². The number of benzene rings is 1. The molecular formula is C16H21FN2O3. The molecule has 0 radical (unpaired) electrons. The van der Waals surface area contributed by atoms with E-state index in [2.05, 4.69) is 17.6 Å². The Bertz CT molecular complexity index is 536. The van der Waals surface area contributed by atoms with Crippen LogP contribution < -0.4 is 15.4 Å². The van der Waals surface area contributed by atoms with Gasteiger partial charge in [-0.3, -0.25) is 10.1 Å². The smallest absolute Gasteiger partial charge is 0.321 e. The molecule has 120 valence electrons. The fourth-order valence-corrected chi connectivity index (χ4v) is 2.60. The van der Waals surface area contributed by atoms with Gasteiger partial charge in [0.25, 0.3) is 5.91 Å². The minimum absolute atomic E-state index is 0.0149. The van der Waals surface area contributed by atoms with E-state index in [1.165, 1.54) is 24.6 Å². The molecule has 2 N–H and O–H groups in total. The van der Waals surface area contributed by atoms with Crippen molar-refractivity contribution >= 4 is 11.9 Å². The Morgan fingerprint density at radius 3 is 2.73 bits per heavy atom. The van der Waals surface area contributed by atoms with Gasteiger partial charge in [-0.15, -0.1) is 0 Å². The summed E-state index contributed by atoms with van der Waals surface area (Å²) >= 11 is 0. The molecule has 6 heteroatoms. The molecule has 2 atom stereocenters. The van der Waals surface area contributed by atoms with Crippen LogP contribution in [0.3, 0.4) is 0 Å². The molecule has 0 saturated heterocycles. The SMILES string of the molecule is C[C@H]1CCCC[C@@H]1NC(=O)NC(=O)COc1ccccc1F. The van der Waals surface area contributed by atoms with Crippen LogP contribution in [0.4, 0.5) is 9.18 Å². The fraction of sp³-hybridized carbons (Fsp3) is 0.500. The molecule has 5 nitrogen and oxygen atoms in total. The van der Waals surface area contributed by atoms with E-state index in [1.807, 2.05) is 0 Å². The molecule has 2 rings (SSSR count). The third-order valence-corrected chi connectivity index (χ3v) is 3.88. The Kier molecular flexibility index (Phi) is 5.75. The second kappa shape index (κ2) is 7.77. The maximum Gasteiger partial charge on any atom is 0.321 e. The molecule has 1 fully saturated rings. The van der Waals surface area contributed by atoms with Gasteiger partial charge in [-0.1, -0.05) is 31.9 Å². The van der Waals surface area contributed by atoms with E-state index < -0.39 is 24.4 Å². The summed E-state index contributed by atoms with van der Waals surface area (Å²) in [4.78, 5) is 23.4. The highest BCUT2D eigenvalue weighted by atomic mass is 19.1. The molecule has 0 bridgehead atoms. The summed E-state index contributed by atoms with van der Waals surface area (Å²) in [5.41, 5.74) is 0. The third kappa shape index (κ3) is 4.72. The second-order valence-corrected chi connectivity index (χ2v) is 5.61. The Labute approximate surface area is 129 Å². The van der Waals surface area contributed by atoms with Crippen molar-refractivity contribution in [3.8, 4) is 5.75 Å². The number of carbonyl (C=O) groups is 2. The molecule has 1 aromatic rings. The van der Waals surface area contributed by atoms with E-state index >= 15 is 0 Å². The summed E-state index contributed by atoms with van der Waals surface area (Å²) in [5.74, 6) is -0.761. The van der Waals surface area contributed by atoms with Crippen LogP contribution in [0, 0.1) is 11.7 Å². The van der Waals surface area contributed by atoms with Crippen LogP contribution in [0.2, 0.25) is 0 Å². The molecule has 22 heavy (non-hydrogen) atoms. The number of carbonyl (C=O) groups excluding carboxylic acids is 2. The predicted octanol–water partition coefficient (Wildman–Crippen LogP) is 2.61. The Hall–Kier alpha value is -2.11. The number of para-hydroxylation sites is 1. The average Bonchev–Trinajstić information content (AvgIpc) is 2.49. The van der Waals surface area contributed by atoms with Crippen molar-refractivity contribution in [2.24, 2.45) is 5.92 Å². The topological polar surface area (TPSA) is 67.4 Å². The molecule has 1 aliphatic carbocycles. The van der Waals surface area contributed by atoms with Crippen molar-refractivity contribution in [2.45, 2.75) is 38.6 Å². The normalized spacial score (nSPS) is 21.0. The van der Waals surface area contributed by atoms with Gasteiger partial charge >= 0.3 is 6.03 Å². The van der Waals surface area contributed by atoms with Gasteiger partial charge in [0, 0.05) is 6.04 Å². The first-order valence-corrected chi connectivity index (χ1v) is 7.54. The quantitative estimate of drug-likeness (QED) is 0.898. The Morgan fingerprint density at radius 2 is 2.00 bits per heavy atom. The first-order valence-electron chi connectivity index (χ1n) is 7.54. The lowest BCUT2D eigenvalue weighted by molar-refractivity contribution is -0.122. The van der Waals surface area contributed by atoms with E-state index in [-0.39, 0.29) is 11.8 Å². The molecular weight excluding hydrogens is 287 g/mol. The predicted molar refractivity (Wildman–Crippen MR) is 80.0 cm³/mol. The van der Waals surface area contributed by atoms with Crippen molar-refractivity contribution in [3.05, 3.63) is 30.1 Å². The number of amides is 3. The van der Waals surface area contributed by atoms with Crippen LogP contribution >= 0.6 is 0 Å². The third-order valence-electron chi connectivity index (χ3n) is 3.88. The molecule has 0 aromatic heterocycles. The van der Waals surface area contributed by atoms with Crippen LogP contribution in [0.5, 0.6) is 5.75 Å². The Morgan fingerprint density at radius 1 is 1.27 bits per heavy atom. The van der Waals surface area contributed by atoms with Crippen molar-refractivity contribution in [3.63, 3.8) is 0 Å². The average molecular weight is 308 g/mol. The van der Waals surface area contributed by atoms with Gasteiger partial charge < -0.3 is 10.1 Å². The van der Waals surface area contributed by atoms with E-state index in [0.29, 0.717) is 5.92 Å². The maximum absolute atomic E-state index is 13.3. The summed E-state index contributed by atoms with van der Waals surface area (Å²) in [7, 11) is 0. The lowest BCUT2D eigenvalue weighted by Gasteiger charge is -2.29. The van der Waals surface area contributed by atoms with Gasteiger partial charge in [0.2, 0.25) is 0 Å². The summed E-state index contributed by atoms with van der Waals surface area (Å²) in [5, 5.41) is 5.01. The molecule has 0 aliphatic heterocycles. The lowest BCUT2D eigenvalue weighted by atomic mass is 9.86. The van der Waals surface area contributed by atoms with Crippen LogP contribution in [-0.4, -0.2) is 24.6 Å². The number of urea groups is 1. The van der Waals surface area contributed by atoms with Gasteiger partial charge in [0.1, 0.15) is 0 Å². The van der Waals surface area contributed by atoms with Crippen LogP contribution in [0.25, 0.3) is 0 Å². The molecule has 0 heterocycles. The van der Waals surface area contributed by atoms with Gasteiger partial charge in [0.05, 0.1) is 0 Å². The molecule has 1 aliphatic rings. The maximum atomic E-state index is 13.3. The molecule has 1 aromatic carbocycles. The zero-order valence-corrected chi connectivity index (χ0v) is 12.6. The van der Waals surface area contributed by atoms with E-state index in [1.54, 1.807) is 6.07 Å². The van der Waals surface area contributed by atoms with Crippen molar-refractivity contribution < 1.29 is 18.7 Å². The van der Waals surface area contributed by atoms with Gasteiger partial charge in [-0.25, -0.2) is 9.18 Å². The largest absolute Gasteiger partial charge is 0.481 e. The zero-order valence-electron chi connectivity index (χ0n) is 12.6. The highest BCUT2D eigenvalue weighted by Gasteiger charge is 2.23. The number of rotatable bonds is 4. The molecule has 3 amide bonds. The van der Waals surface area contributed by atoms with Crippen molar-refractivity contribution in [1.29, 1.82) is 0 Å². The first kappa shape index (κ1) is 16.3. The minimum Gasteiger partial charge on any atom is -0.481 e. The minimum atomic E-state index is -0.607.